The zero-order chi connectivity index (χ0) is 13.1. The van der Waals surface area contributed by atoms with Gasteiger partial charge in [-0.2, -0.15) is 0 Å². The molecule has 0 aromatic carbocycles. The third-order valence-corrected chi connectivity index (χ3v) is 1.84. The highest BCUT2D eigenvalue weighted by molar-refractivity contribution is 5.69. The van der Waals surface area contributed by atoms with Gasteiger partial charge in [0.2, 0.25) is 0 Å². The summed E-state index contributed by atoms with van der Waals surface area (Å²) in [6.07, 6.45) is 1.29. The van der Waals surface area contributed by atoms with Crippen molar-refractivity contribution in [3.8, 4) is 0 Å². The number of alkyl carbamates (subject to hydrolysis) is 1. The van der Waals surface area contributed by atoms with E-state index >= 15 is 0 Å². The number of rotatable bonds is 8. The minimum Gasteiger partial charge on any atom is -0.466 e. The molecule has 0 aliphatic rings. The number of ether oxygens (including phenoxy) is 2. The van der Waals surface area contributed by atoms with Gasteiger partial charge < -0.3 is 14.8 Å². The van der Waals surface area contributed by atoms with E-state index in [2.05, 4.69) is 5.32 Å². The Hall–Kier alpha value is -1.26. The first-order chi connectivity index (χ1) is 8.06. The van der Waals surface area contributed by atoms with E-state index in [-0.39, 0.29) is 5.97 Å². The molecule has 0 radical (unpaired) electrons. The second-order valence-corrected chi connectivity index (χ2v) is 4.24. The molecule has 0 unspecified atom stereocenters. The lowest BCUT2D eigenvalue weighted by atomic mass is 10.2. The molecule has 0 rings (SSSR count). The molecule has 17 heavy (non-hydrogen) atoms. The second-order valence-electron chi connectivity index (χ2n) is 4.24. The third-order valence-electron chi connectivity index (χ3n) is 1.84. The quantitative estimate of drug-likeness (QED) is 0.525. The molecular formula is C12H23NO4. The van der Waals surface area contributed by atoms with Crippen molar-refractivity contribution in [2.45, 2.75) is 40.0 Å². The van der Waals surface area contributed by atoms with Crippen molar-refractivity contribution in [3.05, 3.63) is 0 Å². The maximum absolute atomic E-state index is 11.1. The predicted molar refractivity (Wildman–Crippen MR) is 64.7 cm³/mol. The van der Waals surface area contributed by atoms with Gasteiger partial charge in [0, 0.05) is 13.0 Å². The Kier molecular flexibility index (Phi) is 9.19. The lowest BCUT2D eigenvalue weighted by molar-refractivity contribution is -0.143. The minimum atomic E-state index is -0.430. The molecular weight excluding hydrogens is 222 g/mol. The highest BCUT2D eigenvalue weighted by atomic mass is 16.5. The SMILES string of the molecule is CCCOC(=O)CCCNC(=O)OCC(C)C. The van der Waals surface area contributed by atoms with Gasteiger partial charge in [-0.15, -0.1) is 0 Å². The van der Waals surface area contributed by atoms with Crippen molar-refractivity contribution in [2.24, 2.45) is 5.92 Å². The van der Waals surface area contributed by atoms with Gasteiger partial charge >= 0.3 is 12.1 Å². The lowest BCUT2D eigenvalue weighted by Crippen LogP contribution is -2.27. The van der Waals surface area contributed by atoms with E-state index in [1.165, 1.54) is 0 Å². The van der Waals surface area contributed by atoms with Crippen LogP contribution in [0, 0.1) is 5.92 Å². The molecule has 0 atom stereocenters. The number of hydrogen-bond acceptors (Lipinski definition) is 4. The summed E-state index contributed by atoms with van der Waals surface area (Å²) in [4.78, 5) is 22.2. The Labute approximate surface area is 103 Å². The molecule has 0 aromatic heterocycles. The van der Waals surface area contributed by atoms with Gasteiger partial charge in [0.15, 0.2) is 0 Å². The summed E-state index contributed by atoms with van der Waals surface area (Å²) >= 11 is 0. The highest BCUT2D eigenvalue weighted by Gasteiger charge is 2.05. The number of esters is 1. The van der Waals surface area contributed by atoms with E-state index in [1.54, 1.807) is 0 Å². The monoisotopic (exact) mass is 245 g/mol. The van der Waals surface area contributed by atoms with Crippen molar-refractivity contribution < 1.29 is 19.1 Å². The Balaban J connectivity index is 3.38. The van der Waals surface area contributed by atoms with Gasteiger partial charge in [0.1, 0.15) is 0 Å². The van der Waals surface area contributed by atoms with Gasteiger partial charge in [-0.05, 0) is 18.8 Å². The van der Waals surface area contributed by atoms with Crippen LogP contribution in [0.15, 0.2) is 0 Å². The van der Waals surface area contributed by atoms with Crippen LogP contribution < -0.4 is 5.32 Å². The van der Waals surface area contributed by atoms with Crippen LogP contribution in [0.2, 0.25) is 0 Å². The van der Waals surface area contributed by atoms with Gasteiger partial charge in [-0.1, -0.05) is 20.8 Å². The first-order valence-corrected chi connectivity index (χ1v) is 6.12. The van der Waals surface area contributed by atoms with E-state index < -0.39 is 6.09 Å². The van der Waals surface area contributed by atoms with Crippen LogP contribution in [0.4, 0.5) is 4.79 Å². The maximum Gasteiger partial charge on any atom is 0.407 e. The van der Waals surface area contributed by atoms with Crippen LogP contribution in [-0.2, 0) is 14.3 Å². The molecule has 0 spiro atoms. The average molecular weight is 245 g/mol. The first kappa shape index (κ1) is 15.7. The van der Waals surface area contributed by atoms with Crippen molar-refractivity contribution in [3.63, 3.8) is 0 Å². The topological polar surface area (TPSA) is 64.6 Å². The fourth-order valence-electron chi connectivity index (χ4n) is 1.00. The highest BCUT2D eigenvalue weighted by Crippen LogP contribution is 1.95. The molecule has 5 nitrogen and oxygen atoms in total. The fraction of sp³-hybridized carbons (Fsp3) is 0.833. The Morgan fingerprint density at radius 2 is 1.94 bits per heavy atom. The van der Waals surface area contributed by atoms with Crippen molar-refractivity contribution in [1.82, 2.24) is 5.32 Å². The molecule has 0 aliphatic heterocycles. The average Bonchev–Trinajstić information content (AvgIpc) is 2.29. The van der Waals surface area contributed by atoms with Crippen molar-refractivity contribution in [1.29, 1.82) is 0 Å². The molecule has 0 bridgehead atoms. The smallest absolute Gasteiger partial charge is 0.407 e. The standard InChI is InChI=1S/C12H23NO4/c1-4-8-16-11(14)6-5-7-13-12(15)17-9-10(2)3/h10H,4-9H2,1-3H3,(H,13,15). The molecule has 0 saturated heterocycles. The number of carbonyl (C=O) groups excluding carboxylic acids is 2. The zero-order valence-electron chi connectivity index (χ0n) is 11.0. The number of amides is 1. The zero-order valence-corrected chi connectivity index (χ0v) is 11.0. The molecule has 100 valence electrons. The summed E-state index contributed by atoms with van der Waals surface area (Å²) < 4.78 is 9.80. The number of carbonyl (C=O) groups is 2. The Morgan fingerprint density at radius 3 is 2.53 bits per heavy atom. The van der Waals surface area contributed by atoms with E-state index in [4.69, 9.17) is 9.47 Å². The van der Waals surface area contributed by atoms with E-state index in [0.29, 0.717) is 38.5 Å². The van der Waals surface area contributed by atoms with Gasteiger partial charge in [0.05, 0.1) is 13.2 Å². The summed E-state index contributed by atoms with van der Waals surface area (Å²) in [7, 11) is 0. The lowest BCUT2D eigenvalue weighted by Gasteiger charge is -2.08. The molecule has 0 aromatic rings. The van der Waals surface area contributed by atoms with Gasteiger partial charge in [-0.3, -0.25) is 4.79 Å². The van der Waals surface area contributed by atoms with Crippen LogP contribution in [0.1, 0.15) is 40.0 Å². The van der Waals surface area contributed by atoms with Gasteiger partial charge in [0.25, 0.3) is 0 Å². The van der Waals surface area contributed by atoms with E-state index in [9.17, 15) is 9.59 Å². The molecule has 5 heteroatoms. The van der Waals surface area contributed by atoms with Crippen LogP contribution in [-0.4, -0.2) is 31.8 Å². The van der Waals surface area contributed by atoms with Crippen LogP contribution in [0.25, 0.3) is 0 Å². The predicted octanol–water partition coefficient (Wildman–Crippen LogP) is 2.10. The normalized spacial score (nSPS) is 10.1. The third kappa shape index (κ3) is 11.0. The molecule has 0 saturated carbocycles. The molecule has 1 N–H and O–H groups in total. The van der Waals surface area contributed by atoms with Crippen LogP contribution in [0.3, 0.4) is 0 Å². The number of nitrogens with one attached hydrogen (secondary N) is 1. The Morgan fingerprint density at radius 1 is 1.24 bits per heavy atom. The molecule has 0 aliphatic carbocycles. The Bertz CT molecular complexity index is 229. The molecule has 0 heterocycles. The van der Waals surface area contributed by atoms with E-state index in [1.807, 2.05) is 20.8 Å². The van der Waals surface area contributed by atoms with Crippen molar-refractivity contribution in [2.75, 3.05) is 19.8 Å². The van der Waals surface area contributed by atoms with Crippen LogP contribution in [0.5, 0.6) is 0 Å². The summed E-state index contributed by atoms with van der Waals surface area (Å²) in [5.41, 5.74) is 0. The summed E-state index contributed by atoms with van der Waals surface area (Å²) in [6, 6.07) is 0. The first-order valence-electron chi connectivity index (χ1n) is 6.12. The fourth-order valence-corrected chi connectivity index (χ4v) is 1.00. The summed E-state index contributed by atoms with van der Waals surface area (Å²) in [5, 5.41) is 2.58. The minimum absolute atomic E-state index is 0.218. The molecule has 1 amide bonds. The van der Waals surface area contributed by atoms with E-state index in [0.717, 1.165) is 6.42 Å². The maximum atomic E-state index is 11.1. The second kappa shape index (κ2) is 9.93. The summed E-state index contributed by atoms with van der Waals surface area (Å²) in [5.74, 6) is 0.106. The van der Waals surface area contributed by atoms with Crippen LogP contribution >= 0.6 is 0 Å². The van der Waals surface area contributed by atoms with Gasteiger partial charge in [-0.25, -0.2) is 4.79 Å². The molecule has 0 fully saturated rings. The van der Waals surface area contributed by atoms with Crippen molar-refractivity contribution >= 4 is 12.1 Å². The number of hydrogen-bond donors (Lipinski definition) is 1. The largest absolute Gasteiger partial charge is 0.466 e. The summed E-state index contributed by atoms with van der Waals surface area (Å²) in [6.45, 7) is 7.18.